The van der Waals surface area contributed by atoms with E-state index in [1.54, 1.807) is 6.92 Å². The van der Waals surface area contributed by atoms with Gasteiger partial charge in [-0.05, 0) is 42.7 Å². The summed E-state index contributed by atoms with van der Waals surface area (Å²) in [6.07, 6.45) is -2.57. The molecule has 1 aromatic carbocycles. The number of pyridine rings is 2. The zero-order valence-electron chi connectivity index (χ0n) is 22.8. The van der Waals surface area contributed by atoms with Crippen LogP contribution in [0, 0.1) is 5.92 Å². The van der Waals surface area contributed by atoms with Crippen LogP contribution < -0.4 is 21.3 Å². The number of aromatic nitrogens is 4. The highest BCUT2D eigenvalue weighted by Crippen LogP contribution is 2.40. The Morgan fingerprint density at radius 3 is 2.69 bits per heavy atom. The number of anilines is 1. The van der Waals surface area contributed by atoms with Gasteiger partial charge in [-0.25, -0.2) is 9.48 Å². The van der Waals surface area contributed by atoms with E-state index in [4.69, 9.17) is 21.1 Å². The fraction of sp³-hybridized carbons (Fsp3) is 0.357. The minimum Gasteiger partial charge on any atom is -0.491 e. The molecule has 14 heteroatoms. The van der Waals surface area contributed by atoms with Gasteiger partial charge in [-0.2, -0.15) is 18.3 Å². The largest absolute Gasteiger partial charge is 0.491 e. The van der Waals surface area contributed by atoms with Crippen molar-refractivity contribution in [1.82, 2.24) is 18.7 Å². The summed E-state index contributed by atoms with van der Waals surface area (Å²) < 4.78 is 56.1. The summed E-state index contributed by atoms with van der Waals surface area (Å²) in [4.78, 5) is 39.3. The molecule has 0 spiro atoms. The van der Waals surface area contributed by atoms with Crippen molar-refractivity contribution in [3.8, 4) is 16.9 Å². The van der Waals surface area contributed by atoms with E-state index in [9.17, 15) is 27.6 Å². The van der Waals surface area contributed by atoms with Gasteiger partial charge >= 0.3 is 11.9 Å². The number of ether oxygens (including phenoxy) is 2. The molecule has 1 N–H and O–H groups in total. The summed E-state index contributed by atoms with van der Waals surface area (Å²) in [5.41, 5.74) is 0.671. The molecule has 0 aliphatic carbocycles. The van der Waals surface area contributed by atoms with Crippen molar-refractivity contribution in [2.24, 2.45) is 13.0 Å². The topological polar surface area (TPSA) is 109 Å². The molecule has 42 heavy (non-hydrogen) atoms. The van der Waals surface area contributed by atoms with Gasteiger partial charge in [0.15, 0.2) is 5.65 Å². The molecular formula is C28H27ClF3N5O5. The van der Waals surface area contributed by atoms with Crippen molar-refractivity contribution in [3.05, 3.63) is 80.2 Å². The molecule has 0 radical (unpaired) electrons. The zero-order valence-corrected chi connectivity index (χ0v) is 23.6. The molecule has 0 fully saturated rings. The van der Waals surface area contributed by atoms with E-state index >= 15 is 0 Å². The second-order valence-corrected chi connectivity index (χ2v) is 10.6. The van der Waals surface area contributed by atoms with Crippen LogP contribution in [0.15, 0.2) is 58.4 Å². The molecule has 3 aromatic heterocycles. The van der Waals surface area contributed by atoms with Gasteiger partial charge in [0.2, 0.25) is 5.91 Å². The Labute approximate surface area is 242 Å². The summed E-state index contributed by atoms with van der Waals surface area (Å²) in [7, 11) is 2.95. The lowest BCUT2D eigenvalue weighted by Crippen LogP contribution is -2.36. The number of carbonyl (C=O) groups excluding carboxylic acids is 1. The average molecular weight is 606 g/mol. The van der Waals surface area contributed by atoms with Crippen molar-refractivity contribution in [2.45, 2.75) is 38.1 Å². The maximum absolute atomic E-state index is 13.8. The van der Waals surface area contributed by atoms with Crippen molar-refractivity contribution in [1.29, 1.82) is 0 Å². The summed E-state index contributed by atoms with van der Waals surface area (Å²) in [6, 6.07) is 7.63. The standard InChI is InChI=1S/C28H27ClF3N5O5/c1-15(41-3)8-22(26(39)33-19-6-7-36-24(11-19)34-35(2)27(36)40)37-13-23-21(12-25(37)38)20-10-18(29)5-4-16(20)9-17(14-42-23)28(30,31)32/h4-7,10-13,15,17,22H,8-9,14H2,1-3H3,(H,33,39)/t15-,17+,22?/m0/s1. The van der Waals surface area contributed by atoms with Crippen LogP contribution in [0.3, 0.4) is 0 Å². The Hall–Kier alpha value is -4.10. The highest BCUT2D eigenvalue weighted by atomic mass is 35.5. The molecular weight excluding hydrogens is 579 g/mol. The number of benzene rings is 1. The number of carbonyl (C=O) groups is 1. The highest BCUT2D eigenvalue weighted by molar-refractivity contribution is 6.30. The molecule has 4 heterocycles. The van der Waals surface area contributed by atoms with Gasteiger partial charge in [0.25, 0.3) is 5.56 Å². The van der Waals surface area contributed by atoms with E-state index < -0.39 is 42.3 Å². The lowest BCUT2D eigenvalue weighted by atomic mass is 9.91. The lowest BCUT2D eigenvalue weighted by Gasteiger charge is -2.28. The molecule has 1 aliphatic heterocycles. The predicted octanol–water partition coefficient (Wildman–Crippen LogP) is 4.23. The molecule has 0 saturated carbocycles. The van der Waals surface area contributed by atoms with E-state index in [0.29, 0.717) is 22.5 Å². The summed E-state index contributed by atoms with van der Waals surface area (Å²) >= 11 is 6.19. The molecule has 1 amide bonds. The van der Waals surface area contributed by atoms with Crippen LogP contribution in [0.2, 0.25) is 5.02 Å². The van der Waals surface area contributed by atoms with E-state index in [2.05, 4.69) is 10.4 Å². The molecule has 0 saturated heterocycles. The molecule has 5 rings (SSSR count). The molecule has 4 aromatic rings. The number of halogens is 4. The second kappa shape index (κ2) is 11.3. The first-order valence-electron chi connectivity index (χ1n) is 13.0. The summed E-state index contributed by atoms with van der Waals surface area (Å²) in [5, 5.41) is 7.13. The fourth-order valence-corrected chi connectivity index (χ4v) is 5.11. The number of fused-ring (bicyclic) bond motifs is 4. The van der Waals surface area contributed by atoms with Crippen LogP contribution in [-0.4, -0.2) is 50.7 Å². The third kappa shape index (κ3) is 5.79. The Kier molecular flexibility index (Phi) is 7.90. The number of hydrogen-bond acceptors (Lipinski definition) is 6. The average Bonchev–Trinajstić information content (AvgIpc) is 3.21. The van der Waals surface area contributed by atoms with Gasteiger partial charge in [-0.3, -0.25) is 18.6 Å². The Bertz CT molecular complexity index is 1780. The fourth-order valence-electron chi connectivity index (χ4n) is 4.94. The van der Waals surface area contributed by atoms with Crippen molar-refractivity contribution < 1.29 is 27.4 Å². The second-order valence-electron chi connectivity index (χ2n) is 10.2. The quantitative estimate of drug-likeness (QED) is 0.352. The first kappa shape index (κ1) is 29.4. The lowest BCUT2D eigenvalue weighted by molar-refractivity contribution is -0.181. The highest BCUT2D eigenvalue weighted by Gasteiger charge is 2.41. The molecule has 10 nitrogen and oxygen atoms in total. The zero-order chi connectivity index (χ0) is 30.3. The monoisotopic (exact) mass is 605 g/mol. The maximum Gasteiger partial charge on any atom is 0.395 e. The maximum atomic E-state index is 13.8. The van der Waals surface area contributed by atoms with Gasteiger partial charge in [-0.1, -0.05) is 17.7 Å². The van der Waals surface area contributed by atoms with Crippen LogP contribution in [-0.2, 0) is 23.0 Å². The van der Waals surface area contributed by atoms with E-state index in [0.717, 1.165) is 9.25 Å². The molecule has 0 bridgehead atoms. The van der Waals surface area contributed by atoms with E-state index in [1.807, 2.05) is 0 Å². The number of aryl methyl sites for hydroxylation is 1. The summed E-state index contributed by atoms with van der Waals surface area (Å²) in [6.45, 7) is 1.04. The Balaban J connectivity index is 1.57. The normalized spacial score (nSPS) is 16.5. The van der Waals surface area contributed by atoms with Crippen molar-refractivity contribution in [2.75, 3.05) is 19.0 Å². The number of hydrogen-bond donors (Lipinski definition) is 1. The first-order valence-corrected chi connectivity index (χ1v) is 13.4. The number of alkyl halides is 3. The van der Waals surface area contributed by atoms with Gasteiger partial charge < -0.3 is 14.8 Å². The van der Waals surface area contributed by atoms with Crippen LogP contribution in [0.1, 0.15) is 24.9 Å². The first-order chi connectivity index (χ1) is 19.8. The van der Waals surface area contributed by atoms with Gasteiger partial charge in [-0.15, -0.1) is 0 Å². The molecule has 222 valence electrons. The van der Waals surface area contributed by atoms with Crippen molar-refractivity contribution in [3.63, 3.8) is 0 Å². The van der Waals surface area contributed by atoms with Crippen molar-refractivity contribution >= 4 is 28.8 Å². The number of rotatable bonds is 6. The number of amides is 1. The Morgan fingerprint density at radius 1 is 1.21 bits per heavy atom. The summed E-state index contributed by atoms with van der Waals surface area (Å²) in [5.74, 6) is -2.39. The number of nitrogens with one attached hydrogen (secondary N) is 1. The number of nitrogens with zero attached hydrogens (tertiary/aromatic N) is 4. The minimum atomic E-state index is -4.53. The van der Waals surface area contributed by atoms with Gasteiger partial charge in [0.05, 0.1) is 18.2 Å². The predicted molar refractivity (Wildman–Crippen MR) is 149 cm³/mol. The number of methoxy groups -OCH3 is 1. The Morgan fingerprint density at radius 2 is 1.98 bits per heavy atom. The van der Waals surface area contributed by atoms with Gasteiger partial charge in [0, 0.05) is 55.2 Å². The third-order valence-corrected chi connectivity index (χ3v) is 7.54. The van der Waals surface area contributed by atoms with E-state index in [-0.39, 0.29) is 34.9 Å². The third-order valence-electron chi connectivity index (χ3n) is 7.31. The SMILES string of the molecule is CO[C@@H](C)CC(C(=O)Nc1ccn2c(=O)n(C)nc2c1)n1cc2c(cc1=O)-c1cc(Cl)ccc1C[C@@H](C(F)(F)F)CO2. The minimum absolute atomic E-state index is 0.00390. The van der Waals surface area contributed by atoms with Gasteiger partial charge in [0.1, 0.15) is 18.4 Å². The molecule has 3 atom stereocenters. The van der Waals surface area contributed by atoms with Crippen LogP contribution in [0.25, 0.3) is 16.8 Å². The van der Waals surface area contributed by atoms with Crippen LogP contribution in [0.5, 0.6) is 5.75 Å². The molecule has 1 unspecified atom stereocenters. The molecule has 1 aliphatic rings. The smallest absolute Gasteiger partial charge is 0.395 e. The van der Waals surface area contributed by atoms with Crippen LogP contribution >= 0.6 is 11.6 Å². The van der Waals surface area contributed by atoms with E-state index in [1.165, 1.54) is 67.4 Å². The van der Waals surface area contributed by atoms with Crippen LogP contribution in [0.4, 0.5) is 18.9 Å².